The van der Waals surface area contributed by atoms with Gasteiger partial charge in [0, 0.05) is 24.4 Å². The molecule has 1 heterocycles. The fraction of sp³-hybridized carbons (Fsp3) is 0.250. The predicted molar refractivity (Wildman–Crippen MR) is 121 cm³/mol. The molecule has 0 fully saturated rings. The second-order valence-electron chi connectivity index (χ2n) is 7.66. The van der Waals surface area contributed by atoms with Crippen LogP contribution >= 0.6 is 0 Å². The summed E-state index contributed by atoms with van der Waals surface area (Å²) in [5.41, 5.74) is 6.91. The van der Waals surface area contributed by atoms with Gasteiger partial charge in [0.2, 0.25) is 5.78 Å². The topological polar surface area (TPSA) is 146 Å². The Labute approximate surface area is 191 Å². The van der Waals surface area contributed by atoms with Gasteiger partial charge in [-0.25, -0.2) is 4.79 Å². The van der Waals surface area contributed by atoms with E-state index in [1.807, 2.05) is 6.07 Å². The smallest absolute Gasteiger partial charge is 0.322 e. The highest BCUT2D eigenvalue weighted by molar-refractivity contribution is 6.13. The highest BCUT2D eigenvalue weighted by Crippen LogP contribution is 2.25. The van der Waals surface area contributed by atoms with Crippen LogP contribution in [0.4, 0.5) is 4.79 Å². The van der Waals surface area contributed by atoms with E-state index in [9.17, 15) is 24.4 Å². The number of ketones is 1. The first-order valence-corrected chi connectivity index (χ1v) is 10.1. The standard InChI is InChI=1S/C24H25N5O4/c1-14(2)19(13-30)21(22(31)18-8-15(3)7-17(9-18)11-25)29(24(33)27-4)12-16-5-6-28-20(10-16)23(26)32/h5-10,13-14H,12H2,1-4H3,(H2,26,32)(H,27,33)/b21-19+. The van der Waals surface area contributed by atoms with Gasteiger partial charge < -0.3 is 11.1 Å². The molecular formula is C24H25N5O4. The van der Waals surface area contributed by atoms with Crippen molar-refractivity contribution >= 4 is 24.0 Å². The van der Waals surface area contributed by atoms with Crippen LogP contribution in [0.5, 0.6) is 0 Å². The molecule has 9 heteroatoms. The van der Waals surface area contributed by atoms with Crippen LogP contribution in [-0.2, 0) is 11.3 Å². The van der Waals surface area contributed by atoms with Gasteiger partial charge in [-0.3, -0.25) is 24.3 Å². The average Bonchev–Trinajstić information content (AvgIpc) is 2.79. The van der Waals surface area contributed by atoms with Crippen LogP contribution in [0.2, 0.25) is 0 Å². The van der Waals surface area contributed by atoms with Crippen LogP contribution in [0.1, 0.15) is 51.4 Å². The number of amides is 3. The number of urea groups is 1. The van der Waals surface area contributed by atoms with Crippen molar-refractivity contribution in [3.63, 3.8) is 0 Å². The van der Waals surface area contributed by atoms with Crippen LogP contribution in [0.3, 0.4) is 0 Å². The van der Waals surface area contributed by atoms with Crippen molar-refractivity contribution < 1.29 is 19.2 Å². The third kappa shape index (κ3) is 5.89. The molecule has 2 rings (SSSR count). The van der Waals surface area contributed by atoms with E-state index in [-0.39, 0.29) is 40.6 Å². The number of benzene rings is 1. The number of pyridine rings is 1. The molecule has 33 heavy (non-hydrogen) atoms. The molecular weight excluding hydrogens is 422 g/mol. The Kier molecular flexibility index (Phi) is 8.18. The van der Waals surface area contributed by atoms with Crippen LogP contribution in [-0.4, -0.2) is 40.9 Å². The lowest BCUT2D eigenvalue weighted by molar-refractivity contribution is -0.105. The number of rotatable bonds is 8. The number of aldehydes is 1. The zero-order valence-corrected chi connectivity index (χ0v) is 18.9. The van der Waals surface area contributed by atoms with Crippen molar-refractivity contribution in [2.24, 2.45) is 11.7 Å². The highest BCUT2D eigenvalue weighted by atomic mass is 16.2. The van der Waals surface area contributed by atoms with Crippen molar-refractivity contribution in [1.29, 1.82) is 5.26 Å². The molecule has 0 aliphatic carbocycles. The lowest BCUT2D eigenvalue weighted by atomic mass is 9.94. The van der Waals surface area contributed by atoms with Crippen molar-refractivity contribution in [3.05, 3.63) is 75.7 Å². The Morgan fingerprint density at radius 2 is 1.94 bits per heavy atom. The maximum Gasteiger partial charge on any atom is 0.322 e. The summed E-state index contributed by atoms with van der Waals surface area (Å²) in [7, 11) is 1.40. The SMILES string of the molecule is CNC(=O)N(Cc1ccnc(C(N)=O)c1)/C(C(=O)c1cc(C)cc(C#N)c1)=C(\C=O)C(C)C. The molecule has 9 nitrogen and oxygen atoms in total. The monoisotopic (exact) mass is 447 g/mol. The van der Waals surface area contributed by atoms with Gasteiger partial charge in [-0.05, 0) is 54.3 Å². The number of hydrogen-bond acceptors (Lipinski definition) is 6. The second kappa shape index (κ2) is 10.8. The summed E-state index contributed by atoms with van der Waals surface area (Å²) in [5.74, 6) is -1.71. The zero-order valence-electron chi connectivity index (χ0n) is 18.9. The van der Waals surface area contributed by atoms with E-state index in [0.29, 0.717) is 17.4 Å². The fourth-order valence-electron chi connectivity index (χ4n) is 3.27. The molecule has 0 unspecified atom stereocenters. The van der Waals surface area contributed by atoms with E-state index < -0.39 is 17.7 Å². The number of aryl methyl sites for hydroxylation is 1. The Morgan fingerprint density at radius 1 is 1.24 bits per heavy atom. The highest BCUT2D eigenvalue weighted by Gasteiger charge is 2.29. The first-order chi connectivity index (χ1) is 15.6. The van der Waals surface area contributed by atoms with Gasteiger partial charge in [-0.2, -0.15) is 5.26 Å². The number of carbonyl (C=O) groups excluding carboxylic acids is 4. The van der Waals surface area contributed by atoms with Crippen molar-refractivity contribution in [1.82, 2.24) is 15.2 Å². The Morgan fingerprint density at radius 3 is 2.48 bits per heavy atom. The summed E-state index contributed by atoms with van der Waals surface area (Å²) >= 11 is 0. The normalized spacial score (nSPS) is 11.3. The van der Waals surface area contributed by atoms with Gasteiger partial charge >= 0.3 is 6.03 Å². The largest absolute Gasteiger partial charge is 0.364 e. The lowest BCUT2D eigenvalue weighted by Crippen LogP contribution is -2.40. The Hall–Kier alpha value is -4.32. The number of Topliss-reactive ketones (excluding diaryl/α,β-unsaturated/α-hetero) is 1. The number of hydrogen-bond donors (Lipinski definition) is 2. The number of nitrogens with two attached hydrogens (primary N) is 1. The molecule has 0 atom stereocenters. The summed E-state index contributed by atoms with van der Waals surface area (Å²) in [6, 6.07) is 8.99. The van der Waals surface area contributed by atoms with E-state index in [1.165, 1.54) is 25.4 Å². The maximum absolute atomic E-state index is 13.7. The van der Waals surface area contributed by atoms with Crippen molar-refractivity contribution in [2.75, 3.05) is 7.05 Å². The van der Waals surface area contributed by atoms with E-state index in [0.717, 1.165) is 4.90 Å². The molecule has 3 amide bonds. The van der Waals surface area contributed by atoms with Gasteiger partial charge in [0.25, 0.3) is 5.91 Å². The third-order valence-corrected chi connectivity index (χ3v) is 4.85. The van der Waals surface area contributed by atoms with Gasteiger partial charge in [-0.1, -0.05) is 13.8 Å². The summed E-state index contributed by atoms with van der Waals surface area (Å²) in [6.07, 6.45) is 1.92. The van der Waals surface area contributed by atoms with Crippen LogP contribution < -0.4 is 11.1 Å². The Balaban J connectivity index is 2.72. The minimum absolute atomic E-state index is 0.00182. The first kappa shape index (κ1) is 24.9. The van der Waals surface area contributed by atoms with Crippen molar-refractivity contribution in [2.45, 2.75) is 27.3 Å². The molecule has 0 saturated carbocycles. The number of nitriles is 1. The minimum atomic E-state index is -0.741. The first-order valence-electron chi connectivity index (χ1n) is 10.1. The van der Waals surface area contributed by atoms with Crippen molar-refractivity contribution in [3.8, 4) is 6.07 Å². The molecule has 2 aromatic rings. The predicted octanol–water partition coefficient (Wildman–Crippen LogP) is 2.49. The Bertz CT molecular complexity index is 1180. The third-order valence-electron chi connectivity index (χ3n) is 4.85. The number of allylic oxidation sites excluding steroid dienone is 2. The van der Waals surface area contributed by atoms with Crippen LogP contribution in [0.25, 0.3) is 0 Å². The maximum atomic E-state index is 13.7. The summed E-state index contributed by atoms with van der Waals surface area (Å²) in [5, 5.41) is 11.8. The molecule has 0 aliphatic rings. The van der Waals surface area contributed by atoms with Crippen LogP contribution in [0, 0.1) is 24.2 Å². The van der Waals surface area contributed by atoms with E-state index >= 15 is 0 Å². The molecule has 1 aromatic carbocycles. The second-order valence-corrected chi connectivity index (χ2v) is 7.66. The van der Waals surface area contributed by atoms with Crippen LogP contribution in [0.15, 0.2) is 47.8 Å². The van der Waals surface area contributed by atoms with Gasteiger partial charge in [0.05, 0.1) is 18.2 Å². The summed E-state index contributed by atoms with van der Waals surface area (Å²) < 4.78 is 0. The number of nitrogens with one attached hydrogen (secondary N) is 1. The average molecular weight is 447 g/mol. The fourth-order valence-corrected chi connectivity index (χ4v) is 3.27. The number of primary amides is 1. The molecule has 3 N–H and O–H groups in total. The molecule has 170 valence electrons. The molecule has 0 bridgehead atoms. The van der Waals surface area contributed by atoms with Gasteiger partial charge in [-0.15, -0.1) is 0 Å². The number of aromatic nitrogens is 1. The van der Waals surface area contributed by atoms with E-state index in [2.05, 4.69) is 10.3 Å². The zero-order chi connectivity index (χ0) is 24.7. The summed E-state index contributed by atoms with van der Waals surface area (Å²) in [4.78, 5) is 55.1. The lowest BCUT2D eigenvalue weighted by Gasteiger charge is -2.27. The minimum Gasteiger partial charge on any atom is -0.364 e. The molecule has 1 aromatic heterocycles. The molecule has 0 aliphatic heterocycles. The quantitative estimate of drug-likeness (QED) is 0.361. The van der Waals surface area contributed by atoms with Gasteiger partial charge in [0.15, 0.2) is 0 Å². The number of nitrogens with zero attached hydrogens (tertiary/aromatic N) is 3. The number of carbonyl (C=O) groups is 4. The molecule has 0 radical (unpaired) electrons. The van der Waals surface area contributed by atoms with Gasteiger partial charge in [0.1, 0.15) is 17.7 Å². The van der Waals surface area contributed by atoms with E-state index in [4.69, 9.17) is 5.73 Å². The van der Waals surface area contributed by atoms with E-state index in [1.54, 1.807) is 39.0 Å². The molecule has 0 saturated heterocycles. The summed E-state index contributed by atoms with van der Waals surface area (Å²) in [6.45, 7) is 5.06. The molecule has 0 spiro atoms.